The van der Waals surface area contributed by atoms with E-state index < -0.39 is 9.84 Å². The van der Waals surface area contributed by atoms with E-state index in [1.165, 1.54) is 0 Å². The zero-order chi connectivity index (χ0) is 16.4. The van der Waals surface area contributed by atoms with Crippen LogP contribution in [0.4, 0.5) is 0 Å². The van der Waals surface area contributed by atoms with Gasteiger partial charge in [0.15, 0.2) is 9.84 Å². The molecule has 0 N–H and O–H groups in total. The van der Waals surface area contributed by atoms with Gasteiger partial charge >= 0.3 is 0 Å². The lowest BCUT2D eigenvalue weighted by atomic mass is 10.2. The molecule has 1 unspecified atom stereocenters. The highest BCUT2D eigenvalue weighted by atomic mass is 35.5. The van der Waals surface area contributed by atoms with E-state index in [2.05, 4.69) is 0 Å². The molecule has 7 heteroatoms. The number of carbonyl (C=O) groups is 1. The van der Waals surface area contributed by atoms with Crippen molar-refractivity contribution in [3.63, 3.8) is 0 Å². The van der Waals surface area contributed by atoms with Crippen molar-refractivity contribution >= 4 is 39.1 Å². The van der Waals surface area contributed by atoms with Crippen molar-refractivity contribution in [2.45, 2.75) is 37.1 Å². The summed E-state index contributed by atoms with van der Waals surface area (Å²) in [5, 5.41) is 0.699. The van der Waals surface area contributed by atoms with Crippen molar-refractivity contribution in [3.05, 3.63) is 34.9 Å². The number of hydrogen-bond acceptors (Lipinski definition) is 4. The van der Waals surface area contributed by atoms with Gasteiger partial charge in [0.1, 0.15) is 0 Å². The van der Waals surface area contributed by atoms with Crippen LogP contribution in [0, 0.1) is 0 Å². The Labute approximate surface area is 146 Å². The SMILES string of the molecule is O=C(CSCc1cccc(Cl)c1)N(C1CC1)C1CCS(=O)(=O)C1. The Balaban J connectivity index is 1.55. The molecule has 0 aromatic heterocycles. The van der Waals surface area contributed by atoms with Gasteiger partial charge in [0.25, 0.3) is 0 Å². The summed E-state index contributed by atoms with van der Waals surface area (Å²) in [5.74, 6) is 1.53. The van der Waals surface area contributed by atoms with Crippen molar-refractivity contribution in [2.75, 3.05) is 17.3 Å². The Morgan fingerprint density at radius 2 is 2.04 bits per heavy atom. The summed E-state index contributed by atoms with van der Waals surface area (Å²) < 4.78 is 23.4. The Bertz CT molecular complexity index is 688. The first-order valence-electron chi connectivity index (χ1n) is 7.78. The molecule has 1 saturated heterocycles. The number of hydrogen-bond donors (Lipinski definition) is 0. The summed E-state index contributed by atoms with van der Waals surface area (Å²) >= 11 is 7.51. The van der Waals surface area contributed by atoms with Crippen molar-refractivity contribution in [3.8, 4) is 0 Å². The molecular weight excluding hydrogens is 354 g/mol. The second-order valence-corrected chi connectivity index (χ2v) is 9.86. The Morgan fingerprint density at radius 1 is 1.26 bits per heavy atom. The number of amides is 1. The minimum atomic E-state index is -2.96. The highest BCUT2D eigenvalue weighted by Gasteiger charge is 2.41. The molecule has 1 heterocycles. The van der Waals surface area contributed by atoms with Crippen LogP contribution in [0.25, 0.3) is 0 Å². The van der Waals surface area contributed by atoms with Crippen LogP contribution >= 0.6 is 23.4 Å². The molecule has 0 spiro atoms. The number of thioether (sulfide) groups is 1. The van der Waals surface area contributed by atoms with E-state index in [1.54, 1.807) is 11.8 Å². The number of nitrogens with zero attached hydrogens (tertiary/aromatic N) is 1. The molecule has 3 rings (SSSR count). The summed E-state index contributed by atoms with van der Waals surface area (Å²) in [6.07, 6.45) is 2.59. The van der Waals surface area contributed by atoms with E-state index >= 15 is 0 Å². The standard InChI is InChI=1S/C16H20ClNO3S2/c17-13-3-1-2-12(8-13)9-22-10-16(19)18(14-4-5-14)15-6-7-23(20,21)11-15/h1-3,8,14-15H,4-7,9-11H2. The third kappa shape index (κ3) is 4.64. The van der Waals surface area contributed by atoms with E-state index in [0.29, 0.717) is 17.2 Å². The van der Waals surface area contributed by atoms with Gasteiger partial charge in [-0.3, -0.25) is 4.79 Å². The van der Waals surface area contributed by atoms with Gasteiger partial charge < -0.3 is 4.90 Å². The Kier molecular flexibility index (Phi) is 5.23. The van der Waals surface area contributed by atoms with Gasteiger partial charge in [0.2, 0.25) is 5.91 Å². The quantitative estimate of drug-likeness (QED) is 0.769. The number of carbonyl (C=O) groups excluding carboxylic acids is 1. The molecule has 2 fully saturated rings. The summed E-state index contributed by atoms with van der Waals surface area (Å²) in [5.41, 5.74) is 1.09. The second kappa shape index (κ2) is 7.03. The minimum absolute atomic E-state index is 0.0710. The third-order valence-corrected chi connectivity index (χ3v) is 7.19. The van der Waals surface area contributed by atoms with E-state index in [0.717, 1.165) is 24.2 Å². The highest BCUT2D eigenvalue weighted by molar-refractivity contribution is 7.99. The molecule has 2 aliphatic rings. The molecule has 1 aromatic carbocycles. The zero-order valence-corrected chi connectivity index (χ0v) is 15.2. The summed E-state index contributed by atoms with van der Waals surface area (Å²) in [6, 6.07) is 7.77. The number of halogens is 1. The van der Waals surface area contributed by atoms with E-state index in [4.69, 9.17) is 11.6 Å². The fraction of sp³-hybridized carbons (Fsp3) is 0.562. The van der Waals surface area contributed by atoms with Crippen LogP contribution in [0.1, 0.15) is 24.8 Å². The molecule has 23 heavy (non-hydrogen) atoms. The van der Waals surface area contributed by atoms with Gasteiger partial charge in [-0.2, -0.15) is 0 Å². The fourth-order valence-electron chi connectivity index (χ4n) is 3.01. The smallest absolute Gasteiger partial charge is 0.233 e. The summed E-state index contributed by atoms with van der Waals surface area (Å²) in [6.45, 7) is 0. The molecule has 1 aliphatic carbocycles. The monoisotopic (exact) mass is 373 g/mol. The van der Waals surface area contributed by atoms with Gasteiger partial charge in [0.05, 0.1) is 17.3 Å². The molecule has 1 atom stereocenters. The molecule has 1 amide bonds. The predicted molar refractivity (Wildman–Crippen MR) is 94.5 cm³/mol. The summed E-state index contributed by atoms with van der Waals surface area (Å²) in [4.78, 5) is 14.4. The van der Waals surface area contributed by atoms with Crippen molar-refractivity contribution in [1.29, 1.82) is 0 Å². The Morgan fingerprint density at radius 3 is 2.65 bits per heavy atom. The van der Waals surface area contributed by atoms with Crippen LogP contribution in [-0.2, 0) is 20.4 Å². The predicted octanol–water partition coefficient (Wildman–Crippen LogP) is 2.75. The van der Waals surface area contributed by atoms with Crippen molar-refractivity contribution in [2.24, 2.45) is 0 Å². The average Bonchev–Trinajstić information content (AvgIpc) is 3.23. The molecule has 1 aromatic rings. The molecule has 126 valence electrons. The lowest BCUT2D eigenvalue weighted by Crippen LogP contribution is -2.43. The molecule has 1 aliphatic heterocycles. The molecule has 0 bridgehead atoms. The molecule has 4 nitrogen and oxygen atoms in total. The third-order valence-electron chi connectivity index (χ3n) is 4.21. The first-order valence-corrected chi connectivity index (χ1v) is 11.1. The maximum atomic E-state index is 12.6. The topological polar surface area (TPSA) is 54.5 Å². The van der Waals surface area contributed by atoms with Crippen LogP contribution < -0.4 is 0 Å². The van der Waals surface area contributed by atoms with Crippen LogP contribution in [0.2, 0.25) is 5.02 Å². The van der Waals surface area contributed by atoms with Gasteiger partial charge in [0, 0.05) is 22.9 Å². The lowest BCUT2D eigenvalue weighted by Gasteiger charge is -2.28. The van der Waals surface area contributed by atoms with Crippen LogP contribution in [-0.4, -0.2) is 48.6 Å². The van der Waals surface area contributed by atoms with Crippen LogP contribution in [0.15, 0.2) is 24.3 Å². The lowest BCUT2D eigenvalue weighted by molar-refractivity contribution is -0.130. The number of sulfone groups is 1. The molecule has 0 radical (unpaired) electrons. The van der Waals surface area contributed by atoms with Gasteiger partial charge in [-0.15, -0.1) is 11.8 Å². The average molecular weight is 374 g/mol. The molecular formula is C16H20ClNO3S2. The van der Waals surface area contributed by atoms with E-state index in [1.807, 2.05) is 29.2 Å². The summed E-state index contributed by atoms with van der Waals surface area (Å²) in [7, 11) is -2.96. The van der Waals surface area contributed by atoms with Gasteiger partial charge in [-0.25, -0.2) is 8.42 Å². The first-order chi connectivity index (χ1) is 10.9. The normalized spacial score (nSPS) is 22.9. The largest absolute Gasteiger partial charge is 0.335 e. The van der Waals surface area contributed by atoms with Crippen LogP contribution in [0.3, 0.4) is 0 Å². The maximum absolute atomic E-state index is 12.6. The minimum Gasteiger partial charge on any atom is -0.335 e. The maximum Gasteiger partial charge on any atom is 0.233 e. The number of rotatable bonds is 6. The van der Waals surface area contributed by atoms with E-state index in [-0.39, 0.29) is 29.5 Å². The fourth-order valence-corrected chi connectivity index (χ4v) is 5.78. The van der Waals surface area contributed by atoms with Crippen molar-refractivity contribution < 1.29 is 13.2 Å². The zero-order valence-electron chi connectivity index (χ0n) is 12.8. The second-order valence-electron chi connectivity index (χ2n) is 6.21. The molecule has 1 saturated carbocycles. The Hall–Kier alpha value is -0.720. The van der Waals surface area contributed by atoms with Gasteiger partial charge in [-0.1, -0.05) is 23.7 Å². The van der Waals surface area contributed by atoms with Crippen LogP contribution in [0.5, 0.6) is 0 Å². The van der Waals surface area contributed by atoms with Crippen molar-refractivity contribution in [1.82, 2.24) is 4.90 Å². The van der Waals surface area contributed by atoms with Gasteiger partial charge in [-0.05, 0) is 37.0 Å². The first kappa shape index (κ1) is 17.1. The number of benzene rings is 1. The highest BCUT2D eigenvalue weighted by Crippen LogP contribution is 2.33. The van der Waals surface area contributed by atoms with E-state index in [9.17, 15) is 13.2 Å².